The largest absolute Gasteiger partial charge is 0.376 e. The molecule has 1 atom stereocenters. The van der Waals surface area contributed by atoms with Gasteiger partial charge in [0.05, 0.1) is 12.7 Å². The first kappa shape index (κ1) is 9.25. The van der Waals surface area contributed by atoms with Gasteiger partial charge in [-0.15, -0.1) is 0 Å². The van der Waals surface area contributed by atoms with E-state index >= 15 is 0 Å². The topological polar surface area (TPSA) is 46.6 Å². The van der Waals surface area contributed by atoms with Gasteiger partial charge in [-0.2, -0.15) is 12.7 Å². The molecule has 66 valence electrons. The molecule has 0 unspecified atom stereocenters. The highest BCUT2D eigenvalue weighted by atomic mass is 35.7. The molecular formula is C5H10ClNO3S. The number of hydrogen-bond donors (Lipinski definition) is 0. The highest BCUT2D eigenvalue weighted by Gasteiger charge is 2.25. The van der Waals surface area contributed by atoms with Crippen LogP contribution in [0.25, 0.3) is 0 Å². The molecule has 0 aromatic heterocycles. The van der Waals surface area contributed by atoms with Crippen LogP contribution in [0, 0.1) is 0 Å². The maximum atomic E-state index is 10.8. The fourth-order valence-corrected chi connectivity index (χ4v) is 2.04. The van der Waals surface area contributed by atoms with Gasteiger partial charge in [-0.25, -0.2) is 0 Å². The molecule has 1 fully saturated rings. The quantitative estimate of drug-likeness (QED) is 0.567. The molecule has 1 rings (SSSR count). The average Bonchev–Trinajstić information content (AvgIpc) is 1.86. The van der Waals surface area contributed by atoms with Gasteiger partial charge in [0, 0.05) is 23.8 Å². The van der Waals surface area contributed by atoms with Gasteiger partial charge in [0.15, 0.2) is 0 Å². The first-order valence-electron chi connectivity index (χ1n) is 3.31. The Morgan fingerprint density at radius 3 is 2.64 bits per heavy atom. The molecule has 0 bridgehead atoms. The summed E-state index contributed by atoms with van der Waals surface area (Å²) in [6, 6.07) is 0. The minimum absolute atomic E-state index is 0.0581. The molecule has 0 aromatic rings. The number of halogens is 1. The average molecular weight is 200 g/mol. The molecule has 0 amide bonds. The number of rotatable bonds is 1. The van der Waals surface area contributed by atoms with Crippen LogP contribution in [0.15, 0.2) is 0 Å². The summed E-state index contributed by atoms with van der Waals surface area (Å²) >= 11 is 0. The van der Waals surface area contributed by atoms with Crippen LogP contribution < -0.4 is 0 Å². The zero-order valence-corrected chi connectivity index (χ0v) is 7.73. The van der Waals surface area contributed by atoms with Crippen molar-refractivity contribution < 1.29 is 13.2 Å². The van der Waals surface area contributed by atoms with Gasteiger partial charge in [-0.05, 0) is 6.92 Å². The van der Waals surface area contributed by atoms with E-state index in [-0.39, 0.29) is 6.10 Å². The zero-order chi connectivity index (χ0) is 8.48. The molecule has 1 heterocycles. The Morgan fingerprint density at radius 1 is 1.64 bits per heavy atom. The molecule has 0 aromatic carbocycles. The molecular weight excluding hydrogens is 190 g/mol. The van der Waals surface area contributed by atoms with Crippen LogP contribution in [-0.4, -0.2) is 38.5 Å². The van der Waals surface area contributed by atoms with Crippen molar-refractivity contribution in [2.75, 3.05) is 19.7 Å². The Balaban J connectivity index is 2.60. The van der Waals surface area contributed by atoms with Crippen molar-refractivity contribution in [3.05, 3.63) is 0 Å². The molecule has 1 aliphatic heterocycles. The van der Waals surface area contributed by atoms with E-state index in [4.69, 9.17) is 15.4 Å². The van der Waals surface area contributed by atoms with Crippen molar-refractivity contribution >= 4 is 19.9 Å². The molecule has 1 saturated heterocycles. The summed E-state index contributed by atoms with van der Waals surface area (Å²) in [7, 11) is 1.59. The molecule has 11 heavy (non-hydrogen) atoms. The van der Waals surface area contributed by atoms with E-state index in [1.807, 2.05) is 6.92 Å². The van der Waals surface area contributed by atoms with Gasteiger partial charge >= 0.3 is 0 Å². The number of morpholine rings is 1. The van der Waals surface area contributed by atoms with Crippen LogP contribution in [0.3, 0.4) is 0 Å². The molecule has 0 radical (unpaired) electrons. The van der Waals surface area contributed by atoms with Crippen molar-refractivity contribution in [3.8, 4) is 0 Å². The SMILES string of the molecule is C[C@H]1CN(S(=O)(=O)Cl)CCO1. The van der Waals surface area contributed by atoms with E-state index < -0.39 is 9.24 Å². The third-order valence-corrected chi connectivity index (χ3v) is 3.05. The lowest BCUT2D eigenvalue weighted by Crippen LogP contribution is -2.42. The lowest BCUT2D eigenvalue weighted by atomic mass is 10.3. The van der Waals surface area contributed by atoms with Gasteiger partial charge in [0.1, 0.15) is 0 Å². The molecule has 6 heteroatoms. The van der Waals surface area contributed by atoms with Crippen LogP contribution in [-0.2, 0) is 14.0 Å². The van der Waals surface area contributed by atoms with E-state index in [9.17, 15) is 8.42 Å². The highest BCUT2D eigenvalue weighted by Crippen LogP contribution is 2.12. The number of ether oxygens (including phenoxy) is 1. The standard InChI is InChI=1S/C5H10ClNO3S/c1-5-4-7(2-3-10-5)11(6,8)9/h5H,2-4H2,1H3/t5-/m0/s1. The lowest BCUT2D eigenvalue weighted by molar-refractivity contribution is 0.0109. The van der Waals surface area contributed by atoms with Crippen molar-refractivity contribution in [1.29, 1.82) is 0 Å². The number of hydrogen-bond acceptors (Lipinski definition) is 3. The Morgan fingerprint density at radius 2 is 2.27 bits per heavy atom. The summed E-state index contributed by atoms with van der Waals surface area (Å²) in [5, 5.41) is 0. The summed E-state index contributed by atoms with van der Waals surface area (Å²) in [6.07, 6.45) is -0.0581. The summed E-state index contributed by atoms with van der Waals surface area (Å²) in [4.78, 5) is 0. The van der Waals surface area contributed by atoms with E-state index in [0.29, 0.717) is 19.7 Å². The summed E-state index contributed by atoms with van der Waals surface area (Å²) in [6.45, 7) is 2.95. The molecule has 0 spiro atoms. The second kappa shape index (κ2) is 3.26. The first-order valence-corrected chi connectivity index (χ1v) is 5.58. The van der Waals surface area contributed by atoms with E-state index in [0.717, 1.165) is 0 Å². The normalized spacial score (nSPS) is 28.7. The predicted molar refractivity (Wildman–Crippen MR) is 41.8 cm³/mol. The molecule has 1 aliphatic rings. The van der Waals surface area contributed by atoms with Gasteiger partial charge in [0.25, 0.3) is 9.24 Å². The maximum Gasteiger partial charge on any atom is 0.299 e. The van der Waals surface area contributed by atoms with E-state index in [1.165, 1.54) is 4.31 Å². The predicted octanol–water partition coefficient (Wildman–Crippen LogP) is 0.191. The Bertz CT molecular complexity index is 228. The van der Waals surface area contributed by atoms with Crippen molar-refractivity contribution in [2.24, 2.45) is 0 Å². The lowest BCUT2D eigenvalue weighted by Gasteiger charge is -2.27. The third kappa shape index (κ3) is 2.59. The number of nitrogens with zero attached hydrogens (tertiary/aromatic N) is 1. The van der Waals surface area contributed by atoms with Gasteiger partial charge in [-0.1, -0.05) is 0 Å². The smallest absolute Gasteiger partial charge is 0.299 e. The zero-order valence-electron chi connectivity index (χ0n) is 6.16. The van der Waals surface area contributed by atoms with Crippen LogP contribution in [0.5, 0.6) is 0 Å². The van der Waals surface area contributed by atoms with Gasteiger partial charge in [-0.3, -0.25) is 0 Å². The van der Waals surface area contributed by atoms with E-state index in [2.05, 4.69) is 0 Å². The Labute approximate surface area is 70.6 Å². The van der Waals surface area contributed by atoms with Crippen molar-refractivity contribution in [2.45, 2.75) is 13.0 Å². The van der Waals surface area contributed by atoms with Crippen molar-refractivity contribution in [3.63, 3.8) is 0 Å². The molecule has 0 saturated carbocycles. The third-order valence-electron chi connectivity index (χ3n) is 1.51. The van der Waals surface area contributed by atoms with Crippen LogP contribution in [0.2, 0.25) is 0 Å². The Hall–Kier alpha value is 0.160. The molecule has 0 aliphatic carbocycles. The highest BCUT2D eigenvalue weighted by molar-refractivity contribution is 8.11. The van der Waals surface area contributed by atoms with Crippen LogP contribution in [0.4, 0.5) is 0 Å². The van der Waals surface area contributed by atoms with E-state index in [1.54, 1.807) is 0 Å². The van der Waals surface area contributed by atoms with Crippen LogP contribution >= 0.6 is 10.7 Å². The second-order valence-corrected chi connectivity index (χ2v) is 4.99. The van der Waals surface area contributed by atoms with Crippen molar-refractivity contribution in [1.82, 2.24) is 4.31 Å². The fourth-order valence-electron chi connectivity index (χ4n) is 0.985. The monoisotopic (exact) mass is 199 g/mol. The van der Waals surface area contributed by atoms with Gasteiger partial charge in [0.2, 0.25) is 0 Å². The maximum absolute atomic E-state index is 10.8. The van der Waals surface area contributed by atoms with Gasteiger partial charge < -0.3 is 4.74 Å². The molecule has 0 N–H and O–H groups in total. The fraction of sp³-hybridized carbons (Fsp3) is 1.00. The summed E-state index contributed by atoms with van der Waals surface area (Å²) < 4.78 is 27.9. The summed E-state index contributed by atoms with van der Waals surface area (Å²) in [5.41, 5.74) is 0. The molecule has 4 nitrogen and oxygen atoms in total. The van der Waals surface area contributed by atoms with Crippen LogP contribution in [0.1, 0.15) is 6.92 Å². The minimum Gasteiger partial charge on any atom is -0.376 e. The Kier molecular flexibility index (Phi) is 2.74. The first-order chi connectivity index (χ1) is 5.00. The second-order valence-electron chi connectivity index (χ2n) is 2.48. The minimum atomic E-state index is -3.53. The summed E-state index contributed by atoms with van der Waals surface area (Å²) in [5.74, 6) is 0.